The number of fused-ring (bicyclic) bond motifs is 12. The van der Waals surface area contributed by atoms with Crippen LogP contribution < -0.4 is 23.3 Å². The number of rotatable bonds is 5. The van der Waals surface area contributed by atoms with Crippen LogP contribution in [0, 0.1) is 12.8 Å². The third-order valence-corrected chi connectivity index (χ3v) is 15.5. The van der Waals surface area contributed by atoms with Crippen LogP contribution in [0.3, 0.4) is 0 Å². The topological polar surface area (TPSA) is 35.5 Å². The summed E-state index contributed by atoms with van der Waals surface area (Å²) in [4.78, 5) is 0. The molecular formula is C46H40F6N2O3+2. The van der Waals surface area contributed by atoms with Gasteiger partial charge in [0.25, 0.3) is 5.69 Å². The van der Waals surface area contributed by atoms with Crippen molar-refractivity contribution in [3.63, 3.8) is 0 Å². The van der Waals surface area contributed by atoms with Crippen molar-refractivity contribution in [1.82, 2.24) is 0 Å². The zero-order chi connectivity index (χ0) is 39.2. The van der Waals surface area contributed by atoms with Crippen molar-refractivity contribution in [3.8, 4) is 17.2 Å². The highest BCUT2D eigenvalue weighted by atomic mass is 19.3. The fraction of sp³-hybridized carbons (Fsp3) is 0.435. The zero-order valence-electron chi connectivity index (χ0n) is 31.8. The van der Waals surface area contributed by atoms with Gasteiger partial charge < -0.3 is 14.2 Å². The maximum Gasteiger partial charge on any atom is 0.398 e. The van der Waals surface area contributed by atoms with E-state index in [1.54, 1.807) is 12.1 Å². The molecule has 5 heterocycles. The minimum atomic E-state index is -5.62. The Bertz CT molecular complexity index is 2850. The van der Waals surface area contributed by atoms with Gasteiger partial charge in [-0.05, 0) is 66.8 Å². The van der Waals surface area contributed by atoms with Crippen LogP contribution in [0.5, 0.6) is 17.2 Å². The van der Waals surface area contributed by atoms with Crippen LogP contribution in [0.2, 0.25) is 0 Å². The molecule has 4 aromatic carbocycles. The third kappa shape index (κ3) is 3.57. The van der Waals surface area contributed by atoms with Gasteiger partial charge in [-0.25, -0.2) is 0 Å². The summed E-state index contributed by atoms with van der Waals surface area (Å²) in [6.45, 7) is 6.61. The van der Waals surface area contributed by atoms with Crippen molar-refractivity contribution in [2.45, 2.75) is 106 Å². The summed E-state index contributed by atoms with van der Waals surface area (Å²) in [5.41, 5.74) is 0.344. The third-order valence-electron chi connectivity index (χ3n) is 15.5. The molecule has 0 amide bonds. The maximum absolute atomic E-state index is 16.2. The molecule has 1 spiro atoms. The Labute approximate surface area is 324 Å². The second-order valence-corrected chi connectivity index (χ2v) is 17.5. The molecule has 0 N–H and O–H groups in total. The molecule has 5 nitrogen and oxygen atoms in total. The zero-order valence-corrected chi connectivity index (χ0v) is 31.8. The molecule has 0 saturated heterocycles. The molecule has 3 aliphatic heterocycles. The average Bonchev–Trinajstić information content (AvgIpc) is 3.73. The number of nitrogens with zero attached hydrogens (tertiary/aromatic N) is 2. The van der Waals surface area contributed by atoms with Crippen LogP contribution in [0.4, 0.5) is 26.3 Å². The number of pyridine rings is 2. The lowest BCUT2D eigenvalue weighted by atomic mass is 9.77. The largest absolute Gasteiger partial charge is 0.491 e. The van der Waals surface area contributed by atoms with Crippen LogP contribution in [0.1, 0.15) is 86.7 Å². The lowest BCUT2D eigenvalue weighted by Crippen LogP contribution is -2.54. The Balaban J connectivity index is 1.13. The Kier molecular flexibility index (Phi) is 6.27. The molecule has 3 atom stereocenters. The van der Waals surface area contributed by atoms with Crippen molar-refractivity contribution in [3.05, 3.63) is 88.7 Å². The summed E-state index contributed by atoms with van der Waals surface area (Å²) in [6, 6.07) is 15.9. The maximum atomic E-state index is 16.2. The van der Waals surface area contributed by atoms with Gasteiger partial charge in [-0.2, -0.15) is 35.5 Å². The van der Waals surface area contributed by atoms with E-state index < -0.39 is 40.0 Å². The summed E-state index contributed by atoms with van der Waals surface area (Å²) in [5.74, 6) is -13.8. The predicted molar refractivity (Wildman–Crippen MR) is 201 cm³/mol. The van der Waals surface area contributed by atoms with Gasteiger partial charge in [0.15, 0.2) is 23.2 Å². The van der Waals surface area contributed by atoms with Gasteiger partial charge >= 0.3 is 17.8 Å². The molecule has 11 heteroatoms. The SMILES string of the molecule is CCC12c3c4c(cc5ccc6c7c(c[n+](c6c35)C1(CC)C2CC[n+]1c2c(cc3ccc5cccc(C)c5c31)C(F)(F)C(F)(F)C2(F)F)C1(CCCC1)CO7)OCO4. The normalized spacial score (nSPS) is 27.1. The first-order valence-electron chi connectivity index (χ1n) is 20.3. The molecule has 2 aromatic heterocycles. The lowest BCUT2D eigenvalue weighted by molar-refractivity contribution is -0.726. The molecule has 57 heavy (non-hydrogen) atoms. The van der Waals surface area contributed by atoms with E-state index in [0.717, 1.165) is 74.9 Å². The number of hydrogen-bond donors (Lipinski definition) is 0. The van der Waals surface area contributed by atoms with Crippen molar-refractivity contribution in [2.24, 2.45) is 5.92 Å². The highest BCUT2D eigenvalue weighted by Crippen LogP contribution is 2.75. The van der Waals surface area contributed by atoms with Crippen molar-refractivity contribution < 1.29 is 49.7 Å². The van der Waals surface area contributed by atoms with Gasteiger partial charge in [-0.15, -0.1) is 0 Å². The van der Waals surface area contributed by atoms with E-state index in [9.17, 15) is 0 Å². The van der Waals surface area contributed by atoms with Gasteiger partial charge in [0, 0.05) is 35.1 Å². The number of aromatic nitrogens is 2. The molecule has 0 radical (unpaired) electrons. The quantitative estimate of drug-likeness (QED) is 0.0993. The monoisotopic (exact) mass is 782 g/mol. The smallest absolute Gasteiger partial charge is 0.398 e. The van der Waals surface area contributed by atoms with Crippen LogP contribution in [0.25, 0.3) is 43.4 Å². The number of ether oxygens (including phenoxy) is 3. The molecule has 3 unspecified atom stereocenters. The van der Waals surface area contributed by atoms with E-state index in [0.29, 0.717) is 41.7 Å². The first-order valence-corrected chi connectivity index (χ1v) is 20.3. The predicted octanol–water partition coefficient (Wildman–Crippen LogP) is 10.4. The van der Waals surface area contributed by atoms with Crippen molar-refractivity contribution in [1.29, 1.82) is 0 Å². The van der Waals surface area contributed by atoms with E-state index in [4.69, 9.17) is 14.2 Å². The molecule has 0 bridgehead atoms. The first-order chi connectivity index (χ1) is 27.3. The van der Waals surface area contributed by atoms with E-state index in [-0.39, 0.29) is 42.0 Å². The summed E-state index contributed by atoms with van der Waals surface area (Å²) >= 11 is 0. The highest BCUT2D eigenvalue weighted by Gasteiger charge is 2.86. The molecular weight excluding hydrogens is 743 g/mol. The molecule has 2 saturated carbocycles. The molecule has 2 fully saturated rings. The number of benzene rings is 4. The van der Waals surface area contributed by atoms with Crippen LogP contribution in [0.15, 0.2) is 60.8 Å². The van der Waals surface area contributed by atoms with Gasteiger partial charge in [0.2, 0.25) is 17.8 Å². The van der Waals surface area contributed by atoms with Gasteiger partial charge in [0.05, 0.1) is 33.7 Å². The second-order valence-electron chi connectivity index (χ2n) is 17.5. The van der Waals surface area contributed by atoms with Crippen molar-refractivity contribution in [2.75, 3.05) is 13.4 Å². The van der Waals surface area contributed by atoms with Crippen LogP contribution in [-0.2, 0) is 34.8 Å². The summed E-state index contributed by atoms with van der Waals surface area (Å²) in [5, 5.41) is 4.53. The van der Waals surface area contributed by atoms with E-state index in [1.165, 1.54) is 5.56 Å². The number of alkyl halides is 6. The highest BCUT2D eigenvalue weighted by molar-refractivity contribution is 6.11. The Morgan fingerprint density at radius 3 is 2.30 bits per heavy atom. The van der Waals surface area contributed by atoms with Crippen molar-refractivity contribution >= 4 is 43.4 Å². The van der Waals surface area contributed by atoms with Gasteiger partial charge in [-0.3, -0.25) is 0 Å². The number of aryl methyl sites for hydroxylation is 2. The summed E-state index contributed by atoms with van der Waals surface area (Å²) in [7, 11) is 0. The summed E-state index contributed by atoms with van der Waals surface area (Å²) in [6.07, 6.45) is 8.20. The molecule has 3 aliphatic carbocycles. The second kappa shape index (κ2) is 10.4. The lowest BCUT2D eigenvalue weighted by Gasteiger charge is -2.29. The first kappa shape index (κ1) is 34.3. The molecule has 6 aromatic rings. The van der Waals surface area contributed by atoms with Gasteiger partial charge in [-0.1, -0.05) is 57.0 Å². The van der Waals surface area contributed by atoms with Crippen LogP contribution >= 0.6 is 0 Å². The number of halogens is 6. The molecule has 6 aliphatic rings. The summed E-state index contributed by atoms with van der Waals surface area (Å²) < 4.78 is 117. The Hall–Kier alpha value is -4.80. The van der Waals surface area contributed by atoms with E-state index >= 15 is 26.3 Å². The fourth-order valence-electron chi connectivity index (χ4n) is 13.1. The molecule has 292 valence electrons. The fourth-order valence-corrected chi connectivity index (χ4v) is 13.1. The van der Waals surface area contributed by atoms with Gasteiger partial charge in [0.1, 0.15) is 17.9 Å². The van der Waals surface area contributed by atoms with E-state index in [2.05, 4.69) is 36.7 Å². The number of hydrogen-bond acceptors (Lipinski definition) is 3. The minimum absolute atomic E-state index is 0.0587. The van der Waals surface area contributed by atoms with E-state index in [1.807, 2.05) is 31.2 Å². The Morgan fingerprint density at radius 1 is 0.754 bits per heavy atom. The van der Waals surface area contributed by atoms with Crippen LogP contribution in [-0.4, -0.2) is 19.3 Å². The Morgan fingerprint density at radius 2 is 1.53 bits per heavy atom. The standard InChI is InChI=1S/C46H40F6N2O3/c1-4-42-32(15-18-53-36-27(12-11-25-10-8-9-24(3)33(25)36)19-29-40(53)45(49,50)46(51,52)44(29,47)48)43(42,5-2)54-21-30-38(55-22-41(30)16-6-7-17-41)28-14-13-26-20-31-39(57-23-56-31)35(42)34(26)37(28)54/h8-14,19-21,32H,4-7,15-18,22-23H2,1-3H3/q+2. The molecule has 12 rings (SSSR count). The average molecular weight is 783 g/mol. The minimum Gasteiger partial charge on any atom is -0.491 e.